The summed E-state index contributed by atoms with van der Waals surface area (Å²) in [4.78, 5) is 41.5. The highest BCUT2D eigenvalue weighted by Gasteiger charge is 2.30. The summed E-state index contributed by atoms with van der Waals surface area (Å²) in [6.07, 6.45) is 3.13. The van der Waals surface area contributed by atoms with Crippen LogP contribution in [-0.4, -0.2) is 47.8 Å². The number of aromatic nitrogens is 1. The lowest BCUT2D eigenvalue weighted by atomic mass is 10.0. The lowest BCUT2D eigenvalue weighted by Crippen LogP contribution is -2.51. The Morgan fingerprint density at radius 1 is 0.677 bits per heavy atom. The van der Waals surface area contributed by atoms with Crippen LogP contribution in [0, 0.1) is 0 Å². The summed E-state index contributed by atoms with van der Waals surface area (Å²) >= 11 is 0. The average molecular weight is 414 g/mol. The molecule has 2 aromatic carbocycles. The second-order valence-electron chi connectivity index (χ2n) is 7.33. The van der Waals surface area contributed by atoms with Crippen molar-refractivity contribution < 1.29 is 14.4 Å². The van der Waals surface area contributed by atoms with Crippen LogP contribution in [0.25, 0.3) is 0 Å². The first kappa shape index (κ1) is 20.4. The van der Waals surface area contributed by atoms with Crippen LogP contribution in [0.2, 0.25) is 0 Å². The highest BCUT2D eigenvalue weighted by molar-refractivity contribution is 6.09. The largest absolute Gasteiger partial charge is 0.346 e. The number of benzene rings is 2. The molecular formula is C24H22N4O3. The van der Waals surface area contributed by atoms with Gasteiger partial charge in [0.1, 0.15) is 0 Å². The Balaban J connectivity index is 1.38. The molecule has 31 heavy (non-hydrogen) atoms. The van der Waals surface area contributed by atoms with Gasteiger partial charge in [-0.05, 0) is 24.3 Å². The fourth-order valence-corrected chi connectivity index (χ4v) is 3.52. The highest BCUT2D eigenvalue weighted by Crippen LogP contribution is 2.12. The van der Waals surface area contributed by atoms with E-state index in [1.54, 1.807) is 60.9 Å². The standard InChI is InChI=1S/C24H22N4O3/c29-22(16-4-2-1-3-5-16)17-6-8-18(9-7-17)23(30)27-20-14-26-15-21(20)28-24(31)19-10-12-25-13-11-19/h1-13,20-21,26H,14-15H2,(H,27,30)(H,28,31)/t20-,21-/m0/s1. The molecule has 7 heteroatoms. The molecule has 1 aromatic heterocycles. The summed E-state index contributed by atoms with van der Waals surface area (Å²) in [5.41, 5.74) is 2.10. The predicted octanol–water partition coefficient (Wildman–Crippen LogP) is 1.81. The molecule has 1 saturated heterocycles. The zero-order valence-corrected chi connectivity index (χ0v) is 16.7. The third-order valence-corrected chi connectivity index (χ3v) is 5.23. The summed E-state index contributed by atoms with van der Waals surface area (Å²) in [6, 6.07) is 18.4. The van der Waals surface area contributed by atoms with Crippen LogP contribution in [0.5, 0.6) is 0 Å². The van der Waals surface area contributed by atoms with Gasteiger partial charge in [-0.2, -0.15) is 0 Å². The molecule has 2 amide bonds. The minimum absolute atomic E-state index is 0.0913. The van der Waals surface area contributed by atoms with Crippen molar-refractivity contribution in [3.05, 3.63) is 101 Å². The Morgan fingerprint density at radius 2 is 1.16 bits per heavy atom. The van der Waals surface area contributed by atoms with Gasteiger partial charge in [0.2, 0.25) is 0 Å². The number of pyridine rings is 1. The Kier molecular flexibility index (Phi) is 6.14. The van der Waals surface area contributed by atoms with E-state index >= 15 is 0 Å². The van der Waals surface area contributed by atoms with Gasteiger partial charge in [0.15, 0.2) is 5.78 Å². The van der Waals surface area contributed by atoms with Crippen LogP contribution >= 0.6 is 0 Å². The molecule has 7 nitrogen and oxygen atoms in total. The van der Waals surface area contributed by atoms with Crippen molar-refractivity contribution in [3.63, 3.8) is 0 Å². The van der Waals surface area contributed by atoms with E-state index in [0.29, 0.717) is 35.3 Å². The maximum atomic E-state index is 12.7. The van der Waals surface area contributed by atoms with Gasteiger partial charge in [-0.1, -0.05) is 42.5 Å². The van der Waals surface area contributed by atoms with Gasteiger partial charge in [0.25, 0.3) is 11.8 Å². The molecule has 3 N–H and O–H groups in total. The molecule has 0 aliphatic carbocycles. The predicted molar refractivity (Wildman–Crippen MR) is 116 cm³/mol. The Hall–Kier alpha value is -3.84. The molecule has 1 aliphatic heterocycles. The van der Waals surface area contributed by atoms with Gasteiger partial charge in [-0.15, -0.1) is 0 Å². The van der Waals surface area contributed by atoms with E-state index in [0.717, 1.165) is 0 Å². The summed E-state index contributed by atoms with van der Waals surface area (Å²) in [7, 11) is 0. The van der Waals surface area contributed by atoms with Crippen molar-refractivity contribution in [3.8, 4) is 0 Å². The number of amides is 2. The van der Waals surface area contributed by atoms with Crippen LogP contribution < -0.4 is 16.0 Å². The first-order valence-electron chi connectivity index (χ1n) is 10.0. The quantitative estimate of drug-likeness (QED) is 0.534. The number of nitrogens with zero attached hydrogens (tertiary/aromatic N) is 1. The lowest BCUT2D eigenvalue weighted by molar-refractivity contribution is 0.0896. The number of rotatable bonds is 6. The van der Waals surface area contributed by atoms with Gasteiger partial charge in [-0.25, -0.2) is 0 Å². The molecule has 4 rings (SSSR count). The zero-order valence-electron chi connectivity index (χ0n) is 16.7. The third kappa shape index (κ3) is 4.84. The van der Waals surface area contributed by atoms with E-state index in [2.05, 4.69) is 20.9 Å². The van der Waals surface area contributed by atoms with E-state index < -0.39 is 0 Å². The summed E-state index contributed by atoms with van der Waals surface area (Å²) < 4.78 is 0. The first-order valence-corrected chi connectivity index (χ1v) is 10.0. The van der Waals surface area contributed by atoms with E-state index in [1.165, 1.54) is 0 Å². The van der Waals surface area contributed by atoms with Crippen LogP contribution in [0.3, 0.4) is 0 Å². The van der Waals surface area contributed by atoms with Crippen molar-refractivity contribution in [1.82, 2.24) is 20.9 Å². The maximum absolute atomic E-state index is 12.7. The van der Waals surface area contributed by atoms with Gasteiger partial charge < -0.3 is 16.0 Å². The summed E-state index contributed by atoms with van der Waals surface area (Å²) in [6.45, 7) is 1.11. The molecule has 0 radical (unpaired) electrons. The van der Waals surface area contributed by atoms with Crippen LogP contribution in [0.4, 0.5) is 0 Å². The molecule has 0 unspecified atom stereocenters. The molecule has 0 spiro atoms. The van der Waals surface area contributed by atoms with Crippen LogP contribution in [-0.2, 0) is 0 Å². The minimum atomic E-state index is -0.254. The average Bonchev–Trinajstić information content (AvgIpc) is 3.26. The van der Waals surface area contributed by atoms with Crippen molar-refractivity contribution in [2.75, 3.05) is 13.1 Å². The number of ketones is 1. The molecule has 2 heterocycles. The van der Waals surface area contributed by atoms with Crippen LogP contribution in [0.1, 0.15) is 36.6 Å². The third-order valence-electron chi connectivity index (χ3n) is 5.23. The molecule has 0 saturated carbocycles. The molecule has 1 aliphatic rings. The van der Waals surface area contributed by atoms with Gasteiger partial charge in [0, 0.05) is 47.7 Å². The normalized spacial score (nSPS) is 17.7. The molecule has 0 bridgehead atoms. The molecule has 1 fully saturated rings. The number of hydrogen-bond donors (Lipinski definition) is 3. The Labute approximate surface area is 179 Å². The SMILES string of the molecule is O=C(N[C@H]1CNC[C@@H]1NC(=O)c1ccc(C(=O)c2ccccc2)cc1)c1ccncc1. The van der Waals surface area contributed by atoms with Gasteiger partial charge >= 0.3 is 0 Å². The highest BCUT2D eigenvalue weighted by atomic mass is 16.2. The van der Waals surface area contributed by atoms with E-state index in [9.17, 15) is 14.4 Å². The van der Waals surface area contributed by atoms with Crippen molar-refractivity contribution >= 4 is 17.6 Å². The summed E-state index contributed by atoms with van der Waals surface area (Å²) in [5, 5.41) is 9.12. The molecule has 3 aromatic rings. The fourth-order valence-electron chi connectivity index (χ4n) is 3.52. The smallest absolute Gasteiger partial charge is 0.251 e. The number of carbonyl (C=O) groups excluding carboxylic acids is 3. The van der Waals surface area contributed by atoms with Crippen LogP contribution in [0.15, 0.2) is 79.1 Å². The second-order valence-corrected chi connectivity index (χ2v) is 7.33. The van der Waals surface area contributed by atoms with Crippen molar-refractivity contribution in [2.24, 2.45) is 0 Å². The molecular weight excluding hydrogens is 392 g/mol. The van der Waals surface area contributed by atoms with Crippen molar-refractivity contribution in [2.45, 2.75) is 12.1 Å². The fraction of sp³-hybridized carbons (Fsp3) is 0.167. The van der Waals surface area contributed by atoms with E-state index in [-0.39, 0.29) is 29.7 Å². The number of carbonyl (C=O) groups is 3. The van der Waals surface area contributed by atoms with Gasteiger partial charge in [0.05, 0.1) is 12.1 Å². The Morgan fingerprint density at radius 3 is 1.74 bits per heavy atom. The molecule has 2 atom stereocenters. The maximum Gasteiger partial charge on any atom is 0.251 e. The number of hydrogen-bond acceptors (Lipinski definition) is 5. The lowest BCUT2D eigenvalue weighted by Gasteiger charge is -2.21. The molecule has 156 valence electrons. The topological polar surface area (TPSA) is 100 Å². The second kappa shape index (κ2) is 9.32. The minimum Gasteiger partial charge on any atom is -0.346 e. The zero-order chi connectivity index (χ0) is 21.6. The van der Waals surface area contributed by atoms with E-state index in [4.69, 9.17) is 0 Å². The monoisotopic (exact) mass is 414 g/mol. The van der Waals surface area contributed by atoms with E-state index in [1.807, 2.05) is 18.2 Å². The van der Waals surface area contributed by atoms with Gasteiger partial charge in [-0.3, -0.25) is 19.4 Å². The van der Waals surface area contributed by atoms with Crippen molar-refractivity contribution in [1.29, 1.82) is 0 Å². The number of nitrogens with one attached hydrogen (secondary N) is 3. The Bertz CT molecular complexity index is 1070. The first-order chi connectivity index (χ1) is 15.1. The summed E-state index contributed by atoms with van der Waals surface area (Å²) in [5.74, 6) is -0.555.